The van der Waals surface area contributed by atoms with E-state index in [1.54, 1.807) is 24.3 Å². The van der Waals surface area contributed by atoms with Gasteiger partial charge in [0.05, 0.1) is 29.0 Å². The van der Waals surface area contributed by atoms with Gasteiger partial charge in [0, 0.05) is 6.04 Å². The largest absolute Gasteiger partial charge is 0.494 e. The second kappa shape index (κ2) is 10.3. The molecule has 0 radical (unpaired) electrons. The molecule has 1 aliphatic carbocycles. The molecule has 0 bridgehead atoms. The molecule has 8 nitrogen and oxygen atoms in total. The SMILES string of the molecule is CCOc1ccc(N2C(=O)c3ccc(C(=O)OC(C)C(=O)NC4CCCCC4C)cc3C2=O)cc1. The van der Waals surface area contributed by atoms with E-state index in [4.69, 9.17) is 9.47 Å². The Kier molecular flexibility index (Phi) is 7.19. The van der Waals surface area contributed by atoms with Crippen LogP contribution in [0, 0.1) is 5.92 Å². The number of rotatable bonds is 7. The van der Waals surface area contributed by atoms with E-state index in [0.29, 0.717) is 24.0 Å². The Morgan fingerprint density at radius 3 is 2.40 bits per heavy atom. The van der Waals surface area contributed by atoms with Crippen LogP contribution >= 0.6 is 0 Å². The lowest BCUT2D eigenvalue weighted by atomic mass is 9.86. The molecule has 3 amide bonds. The predicted molar refractivity (Wildman–Crippen MR) is 130 cm³/mol. The molecule has 1 heterocycles. The van der Waals surface area contributed by atoms with Crippen LogP contribution in [0.1, 0.15) is 77.5 Å². The van der Waals surface area contributed by atoms with Crippen LogP contribution in [-0.2, 0) is 9.53 Å². The number of imide groups is 1. The Morgan fingerprint density at radius 2 is 1.71 bits per heavy atom. The standard InChI is InChI=1S/C27H30N2O6/c1-4-34-20-12-10-19(11-13-20)29-25(31)21-14-9-18(15-22(21)26(29)32)27(33)35-17(3)24(30)28-23-8-6-5-7-16(23)2/h9-17,23H,4-8H2,1-3H3,(H,28,30). The van der Waals surface area contributed by atoms with Crippen LogP contribution in [0.3, 0.4) is 0 Å². The van der Waals surface area contributed by atoms with E-state index < -0.39 is 23.9 Å². The van der Waals surface area contributed by atoms with Gasteiger partial charge in [0.2, 0.25) is 0 Å². The van der Waals surface area contributed by atoms with Crippen LogP contribution in [0.25, 0.3) is 0 Å². The van der Waals surface area contributed by atoms with Gasteiger partial charge in [-0.05, 0) is 75.1 Å². The van der Waals surface area contributed by atoms with E-state index in [1.807, 2.05) is 6.92 Å². The number of carbonyl (C=O) groups excluding carboxylic acids is 4. The lowest BCUT2D eigenvalue weighted by Crippen LogP contribution is -2.46. The summed E-state index contributed by atoms with van der Waals surface area (Å²) >= 11 is 0. The van der Waals surface area contributed by atoms with E-state index in [0.717, 1.165) is 30.6 Å². The first-order valence-electron chi connectivity index (χ1n) is 12.1. The van der Waals surface area contributed by atoms with Crippen molar-refractivity contribution in [1.29, 1.82) is 0 Å². The van der Waals surface area contributed by atoms with Gasteiger partial charge in [0.15, 0.2) is 6.10 Å². The summed E-state index contributed by atoms with van der Waals surface area (Å²) in [6.45, 7) is 6.01. The van der Waals surface area contributed by atoms with Crippen LogP contribution < -0.4 is 15.0 Å². The Labute approximate surface area is 204 Å². The minimum absolute atomic E-state index is 0.0783. The number of ether oxygens (including phenoxy) is 2. The fraction of sp³-hybridized carbons (Fsp3) is 0.407. The lowest BCUT2D eigenvalue weighted by molar-refractivity contribution is -0.130. The first-order chi connectivity index (χ1) is 16.8. The number of amides is 3. The highest BCUT2D eigenvalue weighted by Gasteiger charge is 2.37. The van der Waals surface area contributed by atoms with Gasteiger partial charge >= 0.3 is 5.97 Å². The van der Waals surface area contributed by atoms with Crippen molar-refractivity contribution in [2.45, 2.75) is 58.6 Å². The maximum absolute atomic E-state index is 13.0. The van der Waals surface area contributed by atoms with E-state index in [9.17, 15) is 19.2 Å². The Hall–Kier alpha value is -3.68. The van der Waals surface area contributed by atoms with Crippen molar-refractivity contribution in [3.05, 3.63) is 59.2 Å². The smallest absolute Gasteiger partial charge is 0.338 e. The zero-order valence-electron chi connectivity index (χ0n) is 20.2. The van der Waals surface area contributed by atoms with Gasteiger partial charge < -0.3 is 14.8 Å². The number of esters is 1. The maximum Gasteiger partial charge on any atom is 0.338 e. The van der Waals surface area contributed by atoms with Crippen molar-refractivity contribution in [3.63, 3.8) is 0 Å². The summed E-state index contributed by atoms with van der Waals surface area (Å²) in [4.78, 5) is 52.3. The van der Waals surface area contributed by atoms with Gasteiger partial charge in [-0.1, -0.05) is 19.8 Å². The van der Waals surface area contributed by atoms with Crippen molar-refractivity contribution in [2.24, 2.45) is 5.92 Å². The molecule has 35 heavy (non-hydrogen) atoms. The molecule has 1 N–H and O–H groups in total. The number of fused-ring (bicyclic) bond motifs is 1. The third-order valence-corrected chi connectivity index (χ3v) is 6.62. The summed E-state index contributed by atoms with van der Waals surface area (Å²) in [6.07, 6.45) is 3.23. The number of hydrogen-bond acceptors (Lipinski definition) is 6. The summed E-state index contributed by atoms with van der Waals surface area (Å²) in [5.41, 5.74) is 0.833. The molecule has 3 unspecified atom stereocenters. The third-order valence-electron chi connectivity index (χ3n) is 6.62. The van der Waals surface area contributed by atoms with Gasteiger partial charge in [-0.2, -0.15) is 0 Å². The average molecular weight is 479 g/mol. The van der Waals surface area contributed by atoms with Gasteiger partial charge in [-0.15, -0.1) is 0 Å². The summed E-state index contributed by atoms with van der Waals surface area (Å²) in [5, 5.41) is 2.99. The van der Waals surface area contributed by atoms with Crippen molar-refractivity contribution in [3.8, 4) is 5.75 Å². The van der Waals surface area contributed by atoms with E-state index in [2.05, 4.69) is 12.2 Å². The van der Waals surface area contributed by atoms with E-state index >= 15 is 0 Å². The van der Waals surface area contributed by atoms with Gasteiger partial charge in [0.1, 0.15) is 5.75 Å². The normalized spacial score (nSPS) is 20.3. The van der Waals surface area contributed by atoms with Gasteiger partial charge in [0.25, 0.3) is 17.7 Å². The lowest BCUT2D eigenvalue weighted by Gasteiger charge is -2.30. The molecule has 184 valence electrons. The zero-order chi connectivity index (χ0) is 25.1. The van der Waals surface area contributed by atoms with Crippen LogP contribution in [0.15, 0.2) is 42.5 Å². The molecule has 0 spiro atoms. The first kappa shape index (κ1) is 24.4. The molecular weight excluding hydrogens is 448 g/mol. The summed E-state index contributed by atoms with van der Waals surface area (Å²) < 4.78 is 10.8. The van der Waals surface area contributed by atoms with Crippen molar-refractivity contribution < 1.29 is 28.7 Å². The highest BCUT2D eigenvalue weighted by molar-refractivity contribution is 6.34. The minimum atomic E-state index is -0.984. The Morgan fingerprint density at radius 1 is 1.03 bits per heavy atom. The first-order valence-corrected chi connectivity index (χ1v) is 12.1. The monoisotopic (exact) mass is 478 g/mol. The summed E-state index contributed by atoms with van der Waals surface area (Å²) in [7, 11) is 0. The molecule has 1 aliphatic heterocycles. The number of nitrogens with one attached hydrogen (secondary N) is 1. The highest BCUT2D eigenvalue weighted by atomic mass is 16.5. The number of carbonyl (C=O) groups is 4. The molecule has 4 rings (SSSR count). The average Bonchev–Trinajstić information content (AvgIpc) is 3.10. The molecule has 3 atom stereocenters. The Balaban J connectivity index is 1.44. The predicted octanol–water partition coefficient (Wildman–Crippen LogP) is 4.13. The number of hydrogen-bond donors (Lipinski definition) is 1. The molecular formula is C27H30N2O6. The summed E-state index contributed by atoms with van der Waals surface area (Å²) in [6, 6.07) is 10.9. The molecule has 2 aromatic carbocycles. The molecule has 2 aliphatic rings. The fourth-order valence-corrected chi connectivity index (χ4v) is 4.57. The third kappa shape index (κ3) is 5.06. The molecule has 1 fully saturated rings. The van der Waals surface area contributed by atoms with E-state index in [1.165, 1.54) is 25.1 Å². The van der Waals surface area contributed by atoms with Crippen molar-refractivity contribution in [2.75, 3.05) is 11.5 Å². The fourth-order valence-electron chi connectivity index (χ4n) is 4.57. The van der Waals surface area contributed by atoms with Crippen LogP contribution in [0.2, 0.25) is 0 Å². The van der Waals surface area contributed by atoms with Crippen LogP contribution in [0.5, 0.6) is 5.75 Å². The summed E-state index contributed by atoms with van der Waals surface area (Å²) in [5.74, 6) is -1.05. The van der Waals surface area contributed by atoms with Gasteiger partial charge in [-0.25, -0.2) is 9.69 Å². The zero-order valence-corrected chi connectivity index (χ0v) is 20.2. The number of anilines is 1. The highest BCUT2D eigenvalue weighted by Crippen LogP contribution is 2.30. The second-order valence-corrected chi connectivity index (χ2v) is 9.06. The minimum Gasteiger partial charge on any atom is -0.494 e. The molecule has 8 heteroatoms. The van der Waals surface area contributed by atoms with Crippen molar-refractivity contribution in [1.82, 2.24) is 5.32 Å². The molecule has 0 aromatic heterocycles. The van der Waals surface area contributed by atoms with Crippen LogP contribution in [0.4, 0.5) is 5.69 Å². The van der Waals surface area contributed by atoms with Crippen molar-refractivity contribution >= 4 is 29.4 Å². The van der Waals surface area contributed by atoms with Gasteiger partial charge in [-0.3, -0.25) is 14.4 Å². The van der Waals surface area contributed by atoms with E-state index in [-0.39, 0.29) is 28.6 Å². The Bertz CT molecular complexity index is 1140. The quantitative estimate of drug-likeness (QED) is 0.474. The molecule has 0 saturated heterocycles. The molecule has 1 saturated carbocycles. The second-order valence-electron chi connectivity index (χ2n) is 9.06. The number of nitrogens with zero attached hydrogens (tertiary/aromatic N) is 1. The maximum atomic E-state index is 13.0. The molecule has 2 aromatic rings. The number of benzene rings is 2. The van der Waals surface area contributed by atoms with Crippen LogP contribution in [-0.4, -0.2) is 42.4 Å². The topological polar surface area (TPSA) is 102 Å².